The van der Waals surface area contributed by atoms with Crippen molar-refractivity contribution in [3.05, 3.63) is 78.1 Å². The lowest BCUT2D eigenvalue weighted by Gasteiger charge is -2.38. The van der Waals surface area contributed by atoms with Gasteiger partial charge in [-0.1, -0.05) is 38.1 Å². The van der Waals surface area contributed by atoms with Gasteiger partial charge in [-0.2, -0.15) is 0 Å². The monoisotopic (exact) mass is 519 g/mol. The van der Waals surface area contributed by atoms with E-state index in [1.165, 1.54) is 12.1 Å². The zero-order valence-electron chi connectivity index (χ0n) is 22.0. The van der Waals surface area contributed by atoms with E-state index in [2.05, 4.69) is 25.8 Å². The van der Waals surface area contributed by atoms with Crippen LogP contribution >= 0.6 is 0 Å². The van der Waals surface area contributed by atoms with Gasteiger partial charge < -0.3 is 30.5 Å². The highest BCUT2D eigenvalue weighted by Gasteiger charge is 2.24. The molecule has 1 saturated heterocycles. The molecule has 4 rings (SSSR count). The van der Waals surface area contributed by atoms with E-state index in [0.29, 0.717) is 36.8 Å². The second-order valence-electron chi connectivity index (χ2n) is 9.54. The molecule has 0 spiro atoms. The number of carbonyl (C=O) groups excluding carboxylic acids is 2. The number of hydrogen-bond donors (Lipinski definition) is 3. The Morgan fingerprint density at radius 3 is 2.24 bits per heavy atom. The topological polar surface area (TPSA) is 85.9 Å². The van der Waals surface area contributed by atoms with Crippen LogP contribution in [0.25, 0.3) is 0 Å². The van der Waals surface area contributed by atoms with Crippen LogP contribution in [-0.4, -0.2) is 51.8 Å². The molecule has 3 aromatic rings. The Morgan fingerprint density at radius 1 is 0.895 bits per heavy atom. The van der Waals surface area contributed by atoms with E-state index in [1.54, 1.807) is 31.4 Å². The summed E-state index contributed by atoms with van der Waals surface area (Å²) in [7, 11) is 1.67. The molecular formula is C29H34FN5O3. The van der Waals surface area contributed by atoms with Crippen molar-refractivity contribution < 1.29 is 18.7 Å². The zero-order valence-corrected chi connectivity index (χ0v) is 22.0. The number of benzene rings is 3. The van der Waals surface area contributed by atoms with Gasteiger partial charge in [0.2, 0.25) is 0 Å². The predicted octanol–water partition coefficient (Wildman–Crippen LogP) is 5.19. The van der Waals surface area contributed by atoms with Crippen LogP contribution in [0.3, 0.4) is 0 Å². The molecule has 3 aromatic carbocycles. The van der Waals surface area contributed by atoms with Gasteiger partial charge >= 0.3 is 6.03 Å². The minimum Gasteiger partial charge on any atom is -0.495 e. The van der Waals surface area contributed by atoms with E-state index in [9.17, 15) is 14.0 Å². The number of halogens is 1. The molecule has 8 nitrogen and oxygen atoms in total. The molecule has 0 bridgehead atoms. The van der Waals surface area contributed by atoms with Crippen LogP contribution in [0.4, 0.5) is 31.9 Å². The average Bonchev–Trinajstić information content (AvgIpc) is 2.93. The summed E-state index contributed by atoms with van der Waals surface area (Å²) in [5.74, 6) is 0.386. The predicted molar refractivity (Wildman–Crippen MR) is 150 cm³/mol. The number of hydrogen-bond acceptors (Lipinski definition) is 5. The second-order valence-corrected chi connectivity index (χ2v) is 9.54. The van der Waals surface area contributed by atoms with Gasteiger partial charge in [0, 0.05) is 44.1 Å². The number of anilines is 4. The third kappa shape index (κ3) is 6.53. The minimum atomic E-state index is -0.596. The quantitative estimate of drug-likeness (QED) is 0.381. The molecule has 0 aromatic heterocycles. The summed E-state index contributed by atoms with van der Waals surface area (Å²) >= 11 is 0. The second kappa shape index (κ2) is 12.3. The van der Waals surface area contributed by atoms with Crippen LogP contribution in [0, 0.1) is 11.7 Å². The summed E-state index contributed by atoms with van der Waals surface area (Å²) in [6, 6.07) is 18.6. The standard InChI is InChI=1S/C29H34FN5O3/c1-20(2)19-31-28(36)22-18-21(32-29(37)33-24-9-5-4-8-23(24)30)12-13-25(22)34-14-16-35(17-15-34)26-10-6-7-11-27(26)38-3/h4-13,18,20H,14-17,19H2,1-3H3,(H,31,36)(H2,32,33,37). The third-order valence-corrected chi connectivity index (χ3v) is 6.34. The maximum Gasteiger partial charge on any atom is 0.323 e. The first kappa shape index (κ1) is 26.8. The number of methoxy groups -OCH3 is 1. The van der Waals surface area contributed by atoms with E-state index >= 15 is 0 Å². The van der Waals surface area contributed by atoms with Crippen LogP contribution in [0.5, 0.6) is 5.75 Å². The molecule has 3 N–H and O–H groups in total. The first-order valence-electron chi connectivity index (χ1n) is 12.7. The number of piperazine rings is 1. The van der Waals surface area contributed by atoms with Gasteiger partial charge in [0.15, 0.2) is 0 Å². The molecule has 0 saturated carbocycles. The molecule has 0 aliphatic carbocycles. The summed E-state index contributed by atoms with van der Waals surface area (Å²) in [5, 5.41) is 8.20. The van der Waals surface area contributed by atoms with Gasteiger partial charge in [0.25, 0.3) is 5.91 Å². The lowest BCUT2D eigenvalue weighted by molar-refractivity contribution is 0.0949. The first-order valence-corrected chi connectivity index (χ1v) is 12.7. The van der Waals surface area contributed by atoms with E-state index in [0.717, 1.165) is 30.2 Å². The summed E-state index contributed by atoms with van der Waals surface area (Å²) in [6.07, 6.45) is 0. The normalized spacial score (nSPS) is 13.3. The molecule has 1 aliphatic rings. The SMILES string of the molecule is COc1ccccc1N1CCN(c2ccc(NC(=O)Nc3ccccc3F)cc2C(=O)NCC(C)C)CC1. The van der Waals surface area contributed by atoms with Crippen molar-refractivity contribution in [1.82, 2.24) is 5.32 Å². The third-order valence-electron chi connectivity index (χ3n) is 6.34. The lowest BCUT2D eigenvalue weighted by atomic mass is 10.1. The molecule has 1 heterocycles. The Balaban J connectivity index is 1.51. The Hall–Kier alpha value is -4.27. The van der Waals surface area contributed by atoms with Crippen molar-refractivity contribution in [2.45, 2.75) is 13.8 Å². The minimum absolute atomic E-state index is 0.0736. The van der Waals surface area contributed by atoms with Gasteiger partial charge in [-0.15, -0.1) is 0 Å². The molecule has 1 fully saturated rings. The maximum atomic E-state index is 13.9. The number of ether oxygens (including phenoxy) is 1. The fraction of sp³-hybridized carbons (Fsp3) is 0.310. The number of nitrogens with one attached hydrogen (secondary N) is 3. The number of rotatable bonds is 8. The summed E-state index contributed by atoms with van der Waals surface area (Å²) in [6.45, 7) is 7.54. The average molecular weight is 520 g/mol. The van der Waals surface area contributed by atoms with Crippen LogP contribution in [0.15, 0.2) is 66.7 Å². The Kier molecular flexibility index (Phi) is 8.68. The molecule has 38 heavy (non-hydrogen) atoms. The first-order chi connectivity index (χ1) is 18.4. The van der Waals surface area contributed by atoms with Crippen molar-refractivity contribution in [3.8, 4) is 5.75 Å². The number of nitrogens with zero attached hydrogens (tertiary/aromatic N) is 2. The molecule has 200 valence electrons. The molecule has 3 amide bonds. The van der Waals surface area contributed by atoms with Crippen LogP contribution in [-0.2, 0) is 0 Å². The fourth-order valence-corrected chi connectivity index (χ4v) is 4.39. The fourth-order valence-electron chi connectivity index (χ4n) is 4.39. The molecular weight excluding hydrogens is 485 g/mol. The highest BCUT2D eigenvalue weighted by Crippen LogP contribution is 2.31. The number of amides is 3. The molecule has 1 aliphatic heterocycles. The van der Waals surface area contributed by atoms with Gasteiger partial charge in [0.05, 0.1) is 24.0 Å². The van der Waals surface area contributed by atoms with Gasteiger partial charge in [-0.25, -0.2) is 9.18 Å². The summed E-state index contributed by atoms with van der Waals surface area (Å²) in [4.78, 5) is 30.2. The van der Waals surface area contributed by atoms with Crippen molar-refractivity contribution >= 4 is 34.7 Å². The van der Waals surface area contributed by atoms with Gasteiger partial charge in [0.1, 0.15) is 11.6 Å². The highest BCUT2D eigenvalue weighted by atomic mass is 19.1. The van der Waals surface area contributed by atoms with E-state index < -0.39 is 11.8 Å². The summed E-state index contributed by atoms with van der Waals surface area (Å²) in [5.41, 5.74) is 2.82. The lowest BCUT2D eigenvalue weighted by Crippen LogP contribution is -2.47. The summed E-state index contributed by atoms with van der Waals surface area (Å²) < 4.78 is 19.5. The highest BCUT2D eigenvalue weighted by molar-refractivity contribution is 6.04. The van der Waals surface area contributed by atoms with E-state index in [4.69, 9.17) is 4.74 Å². The number of para-hydroxylation sites is 3. The Morgan fingerprint density at radius 2 is 1.55 bits per heavy atom. The van der Waals surface area contributed by atoms with Gasteiger partial charge in [-0.3, -0.25) is 4.79 Å². The van der Waals surface area contributed by atoms with E-state index in [-0.39, 0.29) is 11.6 Å². The molecule has 9 heteroatoms. The van der Waals surface area contributed by atoms with Crippen molar-refractivity contribution in [2.75, 3.05) is 60.3 Å². The Labute approximate surface area is 222 Å². The molecule has 0 atom stereocenters. The largest absolute Gasteiger partial charge is 0.495 e. The van der Waals surface area contributed by atoms with Crippen molar-refractivity contribution in [1.29, 1.82) is 0 Å². The van der Waals surface area contributed by atoms with Crippen LogP contribution in [0.1, 0.15) is 24.2 Å². The van der Waals surface area contributed by atoms with Crippen LogP contribution in [0.2, 0.25) is 0 Å². The Bertz CT molecular complexity index is 1270. The number of urea groups is 1. The van der Waals surface area contributed by atoms with E-state index in [1.807, 2.05) is 44.2 Å². The maximum absolute atomic E-state index is 13.9. The molecule has 0 radical (unpaired) electrons. The number of carbonyl (C=O) groups is 2. The van der Waals surface area contributed by atoms with Gasteiger partial charge in [-0.05, 0) is 48.4 Å². The zero-order chi connectivity index (χ0) is 27.1. The van der Waals surface area contributed by atoms with Crippen molar-refractivity contribution in [2.24, 2.45) is 5.92 Å². The smallest absolute Gasteiger partial charge is 0.323 e. The van der Waals surface area contributed by atoms with Crippen LogP contribution < -0.4 is 30.5 Å². The molecule has 0 unspecified atom stereocenters. The van der Waals surface area contributed by atoms with Crippen molar-refractivity contribution in [3.63, 3.8) is 0 Å².